The highest BCUT2D eigenvalue weighted by molar-refractivity contribution is 7.80. The van der Waals surface area contributed by atoms with E-state index in [-0.39, 0.29) is 0 Å². The van der Waals surface area contributed by atoms with Gasteiger partial charge < -0.3 is 10.6 Å². The van der Waals surface area contributed by atoms with Gasteiger partial charge in [0.2, 0.25) is 0 Å². The zero-order valence-electron chi connectivity index (χ0n) is 11.8. The van der Waals surface area contributed by atoms with E-state index in [1.165, 1.54) is 37.0 Å². The van der Waals surface area contributed by atoms with E-state index in [0.717, 1.165) is 5.11 Å². The van der Waals surface area contributed by atoms with Gasteiger partial charge >= 0.3 is 0 Å². The third-order valence-corrected chi connectivity index (χ3v) is 4.93. The van der Waals surface area contributed by atoms with Crippen LogP contribution in [-0.4, -0.2) is 11.2 Å². The van der Waals surface area contributed by atoms with Gasteiger partial charge in [0.15, 0.2) is 5.11 Å². The van der Waals surface area contributed by atoms with Crippen LogP contribution in [0.2, 0.25) is 0 Å². The summed E-state index contributed by atoms with van der Waals surface area (Å²) in [6, 6.07) is 5.19. The standard InChI is InChI=1S/C15H24N2S2/c1-11(2)14(13-9-6-10-19-13)17-15(18)16-12-7-4-3-5-8-12/h6,9-12,14H,3-5,7-8H2,1-2H3,(H2,16,17,18)/t14-/m1/s1. The molecule has 0 amide bonds. The normalized spacial score (nSPS) is 18.3. The van der Waals surface area contributed by atoms with Gasteiger partial charge in [0.05, 0.1) is 6.04 Å². The van der Waals surface area contributed by atoms with Crippen molar-refractivity contribution in [2.45, 2.75) is 58.0 Å². The predicted octanol–water partition coefficient (Wildman–Crippen LogP) is 4.24. The van der Waals surface area contributed by atoms with Gasteiger partial charge in [0.1, 0.15) is 0 Å². The van der Waals surface area contributed by atoms with E-state index in [9.17, 15) is 0 Å². The van der Waals surface area contributed by atoms with Gasteiger partial charge in [-0.3, -0.25) is 0 Å². The topological polar surface area (TPSA) is 24.1 Å². The Labute approximate surface area is 126 Å². The van der Waals surface area contributed by atoms with E-state index >= 15 is 0 Å². The lowest BCUT2D eigenvalue weighted by molar-refractivity contribution is 0.405. The summed E-state index contributed by atoms with van der Waals surface area (Å²) in [6.45, 7) is 4.47. The zero-order chi connectivity index (χ0) is 13.7. The minimum Gasteiger partial charge on any atom is -0.360 e. The van der Waals surface area contributed by atoms with E-state index in [0.29, 0.717) is 18.0 Å². The van der Waals surface area contributed by atoms with Crippen molar-refractivity contribution in [2.24, 2.45) is 5.92 Å². The van der Waals surface area contributed by atoms with Crippen molar-refractivity contribution in [3.8, 4) is 0 Å². The monoisotopic (exact) mass is 296 g/mol. The van der Waals surface area contributed by atoms with Crippen LogP contribution in [0.5, 0.6) is 0 Å². The van der Waals surface area contributed by atoms with Crippen LogP contribution >= 0.6 is 23.6 Å². The van der Waals surface area contributed by atoms with Crippen molar-refractivity contribution < 1.29 is 0 Å². The van der Waals surface area contributed by atoms with E-state index < -0.39 is 0 Å². The van der Waals surface area contributed by atoms with Crippen LogP contribution in [0.15, 0.2) is 17.5 Å². The Kier molecular flexibility index (Phi) is 5.64. The molecule has 1 atom stereocenters. The lowest BCUT2D eigenvalue weighted by Gasteiger charge is -2.28. The van der Waals surface area contributed by atoms with Crippen molar-refractivity contribution in [2.75, 3.05) is 0 Å². The van der Waals surface area contributed by atoms with Crippen LogP contribution < -0.4 is 10.6 Å². The molecule has 1 aliphatic rings. The molecule has 1 aliphatic carbocycles. The number of thiocarbonyl (C=S) groups is 1. The second-order valence-electron chi connectivity index (χ2n) is 5.69. The largest absolute Gasteiger partial charge is 0.360 e. The molecule has 1 heterocycles. The van der Waals surface area contributed by atoms with E-state index in [1.807, 2.05) is 0 Å². The SMILES string of the molecule is CC(C)[C@@H](NC(=S)NC1CCCCC1)c1cccs1. The molecule has 1 aromatic heterocycles. The first-order valence-electron chi connectivity index (χ1n) is 7.27. The molecule has 0 aromatic carbocycles. The van der Waals surface area contributed by atoms with Gasteiger partial charge in [-0.25, -0.2) is 0 Å². The van der Waals surface area contributed by atoms with Crippen LogP contribution in [0, 0.1) is 5.92 Å². The molecule has 0 spiro atoms. The van der Waals surface area contributed by atoms with Crippen LogP contribution in [0.3, 0.4) is 0 Å². The van der Waals surface area contributed by atoms with Crippen molar-refractivity contribution in [3.05, 3.63) is 22.4 Å². The molecule has 1 fully saturated rings. The first-order valence-corrected chi connectivity index (χ1v) is 8.56. The third-order valence-electron chi connectivity index (χ3n) is 3.74. The molecular formula is C15H24N2S2. The van der Waals surface area contributed by atoms with Gasteiger partial charge in [-0.1, -0.05) is 39.2 Å². The van der Waals surface area contributed by atoms with Gasteiger partial charge in [0.25, 0.3) is 0 Å². The molecule has 0 bridgehead atoms. The summed E-state index contributed by atoms with van der Waals surface area (Å²) in [6.07, 6.45) is 6.56. The Morgan fingerprint density at radius 1 is 1.32 bits per heavy atom. The summed E-state index contributed by atoms with van der Waals surface area (Å²) in [7, 11) is 0. The predicted molar refractivity (Wildman–Crippen MR) is 87.6 cm³/mol. The Bertz CT molecular complexity index is 381. The number of rotatable bonds is 4. The quantitative estimate of drug-likeness (QED) is 0.813. The van der Waals surface area contributed by atoms with Gasteiger partial charge in [-0.15, -0.1) is 11.3 Å². The maximum Gasteiger partial charge on any atom is 0.167 e. The molecule has 0 saturated heterocycles. The summed E-state index contributed by atoms with van der Waals surface area (Å²) in [5.74, 6) is 0.532. The Morgan fingerprint density at radius 2 is 2.05 bits per heavy atom. The smallest absolute Gasteiger partial charge is 0.167 e. The number of hydrogen-bond acceptors (Lipinski definition) is 2. The Balaban J connectivity index is 1.88. The second-order valence-corrected chi connectivity index (χ2v) is 7.08. The van der Waals surface area contributed by atoms with Gasteiger partial charge in [-0.2, -0.15) is 0 Å². The van der Waals surface area contributed by atoms with Crippen LogP contribution in [0.4, 0.5) is 0 Å². The van der Waals surface area contributed by atoms with Crippen LogP contribution in [0.1, 0.15) is 56.9 Å². The van der Waals surface area contributed by atoms with E-state index in [1.54, 1.807) is 11.3 Å². The first-order chi connectivity index (χ1) is 9.16. The van der Waals surface area contributed by atoms with Crippen molar-refractivity contribution >= 4 is 28.7 Å². The lowest BCUT2D eigenvalue weighted by atomic mass is 9.96. The molecule has 1 aromatic rings. The molecule has 2 rings (SSSR count). The molecule has 0 unspecified atom stereocenters. The summed E-state index contributed by atoms with van der Waals surface area (Å²) in [5, 5.41) is 9.94. The van der Waals surface area contributed by atoms with Gasteiger partial charge in [0, 0.05) is 10.9 Å². The average Bonchev–Trinajstić information content (AvgIpc) is 2.90. The molecule has 4 heteroatoms. The summed E-state index contributed by atoms with van der Waals surface area (Å²) in [5.41, 5.74) is 0. The second kappa shape index (κ2) is 7.25. The average molecular weight is 297 g/mol. The van der Waals surface area contributed by atoms with Crippen molar-refractivity contribution in [3.63, 3.8) is 0 Å². The fourth-order valence-electron chi connectivity index (χ4n) is 2.65. The van der Waals surface area contributed by atoms with Crippen molar-refractivity contribution in [1.29, 1.82) is 0 Å². The van der Waals surface area contributed by atoms with E-state index in [2.05, 4.69) is 42.0 Å². The third kappa shape index (κ3) is 4.46. The Morgan fingerprint density at radius 3 is 2.63 bits per heavy atom. The highest BCUT2D eigenvalue weighted by Gasteiger charge is 2.19. The lowest BCUT2D eigenvalue weighted by Crippen LogP contribution is -2.44. The fourth-order valence-corrected chi connectivity index (χ4v) is 3.89. The number of thiophene rings is 1. The zero-order valence-corrected chi connectivity index (χ0v) is 13.4. The Hall–Kier alpha value is -0.610. The minimum absolute atomic E-state index is 0.323. The molecule has 0 radical (unpaired) electrons. The highest BCUT2D eigenvalue weighted by atomic mass is 32.1. The van der Waals surface area contributed by atoms with Gasteiger partial charge in [-0.05, 0) is 42.4 Å². The number of hydrogen-bond donors (Lipinski definition) is 2. The summed E-state index contributed by atoms with van der Waals surface area (Å²) < 4.78 is 0. The maximum absolute atomic E-state index is 5.49. The van der Waals surface area contributed by atoms with Crippen molar-refractivity contribution in [1.82, 2.24) is 10.6 Å². The first kappa shape index (κ1) is 14.8. The molecule has 19 heavy (non-hydrogen) atoms. The van der Waals surface area contributed by atoms with Crippen LogP contribution in [-0.2, 0) is 0 Å². The van der Waals surface area contributed by atoms with Crippen LogP contribution in [0.25, 0.3) is 0 Å². The minimum atomic E-state index is 0.323. The fraction of sp³-hybridized carbons (Fsp3) is 0.667. The molecule has 106 valence electrons. The number of nitrogens with one attached hydrogen (secondary N) is 2. The van der Waals surface area contributed by atoms with E-state index in [4.69, 9.17) is 12.2 Å². The molecule has 0 aliphatic heterocycles. The molecule has 1 saturated carbocycles. The molecule has 2 nitrogen and oxygen atoms in total. The molecule has 2 N–H and O–H groups in total. The maximum atomic E-state index is 5.49. The molecular weight excluding hydrogens is 272 g/mol. The summed E-state index contributed by atoms with van der Waals surface area (Å²) in [4.78, 5) is 1.36. The highest BCUT2D eigenvalue weighted by Crippen LogP contribution is 2.25. The summed E-state index contributed by atoms with van der Waals surface area (Å²) >= 11 is 7.28.